The third kappa shape index (κ3) is 3.53. The van der Waals surface area contributed by atoms with E-state index in [0.717, 1.165) is 12.5 Å². The van der Waals surface area contributed by atoms with E-state index in [-0.39, 0.29) is 0 Å². The predicted molar refractivity (Wildman–Crippen MR) is 78.3 cm³/mol. The molecule has 0 amide bonds. The molecule has 1 atom stereocenters. The standard InChI is InChI=1S/C14H25N3S/c1-4-17(5-2)14-7-9-16(10-14)8-6-13-11-18-12(3)15-13/h11,14H,4-10H2,1-3H3. The topological polar surface area (TPSA) is 19.4 Å². The van der Waals surface area contributed by atoms with Gasteiger partial charge >= 0.3 is 0 Å². The number of aromatic nitrogens is 1. The Hall–Kier alpha value is -0.450. The summed E-state index contributed by atoms with van der Waals surface area (Å²) in [5.74, 6) is 0. The Balaban J connectivity index is 1.76. The van der Waals surface area contributed by atoms with Gasteiger partial charge in [0.15, 0.2) is 0 Å². The van der Waals surface area contributed by atoms with Gasteiger partial charge in [0.05, 0.1) is 10.7 Å². The van der Waals surface area contributed by atoms with Crippen LogP contribution in [0.3, 0.4) is 0 Å². The minimum atomic E-state index is 0.775. The number of thiazole rings is 1. The fourth-order valence-corrected chi connectivity index (χ4v) is 3.50. The molecule has 2 rings (SSSR count). The van der Waals surface area contributed by atoms with Crippen molar-refractivity contribution in [3.05, 3.63) is 16.1 Å². The van der Waals surface area contributed by atoms with E-state index in [1.54, 1.807) is 11.3 Å². The lowest BCUT2D eigenvalue weighted by atomic mass is 10.2. The van der Waals surface area contributed by atoms with Crippen molar-refractivity contribution in [2.45, 2.75) is 39.7 Å². The van der Waals surface area contributed by atoms with Crippen molar-refractivity contribution < 1.29 is 0 Å². The highest BCUT2D eigenvalue weighted by atomic mass is 32.1. The molecular weight excluding hydrogens is 242 g/mol. The van der Waals surface area contributed by atoms with Crippen molar-refractivity contribution >= 4 is 11.3 Å². The smallest absolute Gasteiger partial charge is 0.0897 e. The Morgan fingerprint density at radius 3 is 2.83 bits per heavy atom. The zero-order valence-electron chi connectivity index (χ0n) is 11.9. The van der Waals surface area contributed by atoms with Crippen LogP contribution in [0.25, 0.3) is 0 Å². The van der Waals surface area contributed by atoms with E-state index >= 15 is 0 Å². The lowest BCUT2D eigenvalue weighted by Crippen LogP contribution is -2.37. The molecule has 1 aliphatic rings. The lowest BCUT2D eigenvalue weighted by Gasteiger charge is -2.26. The van der Waals surface area contributed by atoms with Crippen molar-refractivity contribution in [3.63, 3.8) is 0 Å². The van der Waals surface area contributed by atoms with Gasteiger partial charge in [0.1, 0.15) is 0 Å². The van der Waals surface area contributed by atoms with Crippen LogP contribution >= 0.6 is 11.3 Å². The largest absolute Gasteiger partial charge is 0.301 e. The molecule has 4 heteroatoms. The molecule has 0 bridgehead atoms. The Morgan fingerprint density at radius 1 is 1.44 bits per heavy atom. The maximum Gasteiger partial charge on any atom is 0.0897 e. The second kappa shape index (κ2) is 6.64. The zero-order chi connectivity index (χ0) is 13.0. The van der Waals surface area contributed by atoms with Gasteiger partial charge in [-0.3, -0.25) is 4.90 Å². The number of likely N-dealkylation sites (tertiary alicyclic amines) is 1. The van der Waals surface area contributed by atoms with Crippen molar-refractivity contribution in [2.24, 2.45) is 0 Å². The van der Waals surface area contributed by atoms with E-state index in [0.29, 0.717) is 0 Å². The SMILES string of the molecule is CCN(CC)C1CCN(CCc2csc(C)n2)C1. The maximum atomic E-state index is 4.54. The monoisotopic (exact) mass is 267 g/mol. The molecule has 1 aliphatic heterocycles. The molecule has 0 N–H and O–H groups in total. The highest BCUT2D eigenvalue weighted by molar-refractivity contribution is 7.09. The third-order valence-electron chi connectivity index (χ3n) is 3.93. The molecule has 2 heterocycles. The molecule has 3 nitrogen and oxygen atoms in total. The van der Waals surface area contributed by atoms with Gasteiger partial charge in [-0.2, -0.15) is 0 Å². The van der Waals surface area contributed by atoms with E-state index in [2.05, 4.69) is 40.9 Å². The molecule has 1 aromatic heterocycles. The van der Waals surface area contributed by atoms with Crippen LogP contribution in [0.4, 0.5) is 0 Å². The Labute approximate surface area is 115 Å². The Morgan fingerprint density at radius 2 is 2.22 bits per heavy atom. The van der Waals surface area contributed by atoms with Crippen LogP contribution in [-0.4, -0.2) is 53.5 Å². The van der Waals surface area contributed by atoms with Crippen LogP contribution in [0.1, 0.15) is 31.0 Å². The highest BCUT2D eigenvalue weighted by Crippen LogP contribution is 2.16. The van der Waals surface area contributed by atoms with Gasteiger partial charge in [-0.15, -0.1) is 11.3 Å². The van der Waals surface area contributed by atoms with Gasteiger partial charge in [0.25, 0.3) is 0 Å². The van der Waals surface area contributed by atoms with Crippen LogP contribution in [0.2, 0.25) is 0 Å². The first-order valence-corrected chi connectivity index (χ1v) is 7.98. The van der Waals surface area contributed by atoms with Gasteiger partial charge < -0.3 is 4.90 Å². The number of likely N-dealkylation sites (N-methyl/N-ethyl adjacent to an activating group) is 1. The van der Waals surface area contributed by atoms with E-state index in [9.17, 15) is 0 Å². The summed E-state index contributed by atoms with van der Waals surface area (Å²) >= 11 is 1.76. The predicted octanol–water partition coefficient (Wildman–Crippen LogP) is 2.41. The fraction of sp³-hybridized carbons (Fsp3) is 0.786. The number of rotatable bonds is 6. The second-order valence-corrected chi connectivity index (χ2v) is 6.13. The minimum absolute atomic E-state index is 0.775. The summed E-state index contributed by atoms with van der Waals surface area (Å²) in [6, 6.07) is 0.775. The molecule has 1 aromatic rings. The number of hydrogen-bond donors (Lipinski definition) is 0. The molecule has 0 spiro atoms. The van der Waals surface area contributed by atoms with Gasteiger partial charge in [0.2, 0.25) is 0 Å². The molecule has 18 heavy (non-hydrogen) atoms. The summed E-state index contributed by atoms with van der Waals surface area (Å²) in [7, 11) is 0. The van der Waals surface area contributed by atoms with Gasteiger partial charge in [-0.05, 0) is 33.0 Å². The van der Waals surface area contributed by atoms with Crippen molar-refractivity contribution in [1.29, 1.82) is 0 Å². The summed E-state index contributed by atoms with van der Waals surface area (Å²) in [5, 5.41) is 3.39. The van der Waals surface area contributed by atoms with Crippen molar-refractivity contribution in [2.75, 3.05) is 32.7 Å². The first-order valence-electron chi connectivity index (χ1n) is 7.10. The van der Waals surface area contributed by atoms with E-state index in [1.807, 2.05) is 0 Å². The Kier molecular flexibility index (Phi) is 5.15. The number of nitrogens with zero attached hydrogens (tertiary/aromatic N) is 3. The van der Waals surface area contributed by atoms with Crippen LogP contribution in [0.15, 0.2) is 5.38 Å². The molecule has 0 aromatic carbocycles. The summed E-state index contributed by atoms with van der Waals surface area (Å²) in [5.41, 5.74) is 1.27. The van der Waals surface area contributed by atoms with Crippen molar-refractivity contribution in [3.8, 4) is 0 Å². The van der Waals surface area contributed by atoms with Gasteiger partial charge in [-0.1, -0.05) is 13.8 Å². The highest BCUT2D eigenvalue weighted by Gasteiger charge is 2.25. The number of hydrogen-bond acceptors (Lipinski definition) is 4. The second-order valence-electron chi connectivity index (χ2n) is 5.07. The average molecular weight is 267 g/mol. The van der Waals surface area contributed by atoms with Gasteiger partial charge in [0, 0.05) is 30.9 Å². The summed E-state index contributed by atoms with van der Waals surface area (Å²) in [6.07, 6.45) is 2.44. The van der Waals surface area contributed by atoms with E-state index < -0.39 is 0 Å². The summed E-state index contributed by atoms with van der Waals surface area (Å²) in [4.78, 5) is 9.72. The quantitative estimate of drug-likeness (QED) is 0.789. The fourth-order valence-electron chi connectivity index (χ4n) is 2.85. The van der Waals surface area contributed by atoms with Crippen LogP contribution in [0.5, 0.6) is 0 Å². The molecule has 0 radical (unpaired) electrons. The first kappa shape index (κ1) is 14.0. The summed E-state index contributed by atoms with van der Waals surface area (Å²) in [6.45, 7) is 12.6. The van der Waals surface area contributed by atoms with Crippen LogP contribution in [0, 0.1) is 6.92 Å². The summed E-state index contributed by atoms with van der Waals surface area (Å²) < 4.78 is 0. The van der Waals surface area contributed by atoms with Crippen LogP contribution < -0.4 is 0 Å². The van der Waals surface area contributed by atoms with Crippen molar-refractivity contribution in [1.82, 2.24) is 14.8 Å². The number of aryl methyl sites for hydroxylation is 1. The van der Waals surface area contributed by atoms with Gasteiger partial charge in [-0.25, -0.2) is 4.98 Å². The van der Waals surface area contributed by atoms with E-state index in [1.165, 1.54) is 49.8 Å². The average Bonchev–Trinajstić information content (AvgIpc) is 2.98. The molecular formula is C14H25N3S. The zero-order valence-corrected chi connectivity index (χ0v) is 12.7. The molecule has 102 valence electrons. The minimum Gasteiger partial charge on any atom is -0.301 e. The molecule has 1 saturated heterocycles. The molecule has 0 aliphatic carbocycles. The maximum absolute atomic E-state index is 4.54. The molecule has 0 saturated carbocycles. The third-order valence-corrected chi connectivity index (χ3v) is 4.75. The molecule has 1 fully saturated rings. The first-order chi connectivity index (χ1) is 8.72. The lowest BCUT2D eigenvalue weighted by molar-refractivity contribution is 0.211. The van der Waals surface area contributed by atoms with Crippen LogP contribution in [-0.2, 0) is 6.42 Å². The molecule has 1 unspecified atom stereocenters. The normalized spacial score (nSPS) is 21.0. The van der Waals surface area contributed by atoms with E-state index in [4.69, 9.17) is 0 Å². The Bertz CT molecular complexity index is 360.